The van der Waals surface area contributed by atoms with E-state index in [2.05, 4.69) is 10.2 Å². The Labute approximate surface area is 105 Å². The van der Waals surface area contributed by atoms with Crippen molar-refractivity contribution in [3.8, 4) is 0 Å². The second-order valence-electron chi connectivity index (χ2n) is 5.99. The van der Waals surface area contributed by atoms with E-state index in [1.807, 2.05) is 0 Å². The van der Waals surface area contributed by atoms with Gasteiger partial charge in [-0.1, -0.05) is 0 Å². The van der Waals surface area contributed by atoms with Gasteiger partial charge < -0.3 is 10.1 Å². The third-order valence-corrected chi connectivity index (χ3v) is 4.55. The zero-order valence-electron chi connectivity index (χ0n) is 10.9. The van der Waals surface area contributed by atoms with Crippen molar-refractivity contribution in [1.82, 2.24) is 10.2 Å². The van der Waals surface area contributed by atoms with E-state index in [1.54, 1.807) is 0 Å². The monoisotopic (exact) mass is 238 g/mol. The number of ether oxygens (including phenoxy) is 1. The molecule has 1 atom stereocenters. The molecule has 0 aromatic heterocycles. The highest BCUT2D eigenvalue weighted by Gasteiger charge is 2.36. The predicted octanol–water partition coefficient (Wildman–Crippen LogP) is 1.63. The van der Waals surface area contributed by atoms with E-state index in [1.165, 1.54) is 58.2 Å². The first-order valence-electron chi connectivity index (χ1n) is 7.47. The molecular formula is C14H26N2O. The molecule has 1 aliphatic carbocycles. The minimum atomic E-state index is 0.728. The molecule has 3 heteroatoms. The van der Waals surface area contributed by atoms with Gasteiger partial charge in [0.05, 0.1) is 6.61 Å². The molecule has 1 unspecified atom stereocenters. The first kappa shape index (κ1) is 11.9. The van der Waals surface area contributed by atoms with Crippen molar-refractivity contribution in [2.75, 3.05) is 32.8 Å². The van der Waals surface area contributed by atoms with E-state index >= 15 is 0 Å². The summed E-state index contributed by atoms with van der Waals surface area (Å²) in [5, 5.41) is 3.47. The fourth-order valence-corrected chi connectivity index (χ4v) is 3.35. The van der Waals surface area contributed by atoms with Gasteiger partial charge in [-0.2, -0.15) is 0 Å². The largest absolute Gasteiger partial charge is 0.380 e. The van der Waals surface area contributed by atoms with Crippen LogP contribution in [-0.2, 0) is 4.74 Å². The quantitative estimate of drug-likeness (QED) is 0.805. The number of hydrogen-bond donors (Lipinski definition) is 1. The van der Waals surface area contributed by atoms with Crippen LogP contribution < -0.4 is 5.32 Å². The number of nitrogens with zero attached hydrogens (tertiary/aromatic N) is 1. The number of hydrogen-bond acceptors (Lipinski definition) is 3. The fourth-order valence-electron chi connectivity index (χ4n) is 3.35. The standard InChI is InChI=1S/C14H26N2O/c1-2-14(11-17-9-1)16(13-3-4-13)10-12-5-7-15-8-6-12/h12-15H,1-11H2. The maximum absolute atomic E-state index is 5.68. The minimum Gasteiger partial charge on any atom is -0.380 e. The van der Waals surface area contributed by atoms with E-state index in [4.69, 9.17) is 4.74 Å². The van der Waals surface area contributed by atoms with E-state index in [9.17, 15) is 0 Å². The van der Waals surface area contributed by atoms with Gasteiger partial charge in [0, 0.05) is 25.2 Å². The van der Waals surface area contributed by atoms with Crippen molar-refractivity contribution in [2.24, 2.45) is 5.92 Å². The molecular weight excluding hydrogens is 212 g/mol. The van der Waals surface area contributed by atoms with Crippen LogP contribution in [0.2, 0.25) is 0 Å². The molecule has 98 valence electrons. The Morgan fingerprint density at radius 1 is 1.00 bits per heavy atom. The lowest BCUT2D eigenvalue weighted by atomic mass is 9.96. The number of nitrogens with one attached hydrogen (secondary N) is 1. The molecule has 3 fully saturated rings. The van der Waals surface area contributed by atoms with Crippen LogP contribution >= 0.6 is 0 Å². The van der Waals surface area contributed by atoms with Crippen molar-refractivity contribution in [2.45, 2.75) is 50.6 Å². The summed E-state index contributed by atoms with van der Waals surface area (Å²) >= 11 is 0. The van der Waals surface area contributed by atoms with Gasteiger partial charge in [0.25, 0.3) is 0 Å². The molecule has 0 radical (unpaired) electrons. The lowest BCUT2D eigenvalue weighted by molar-refractivity contribution is 0.00647. The minimum absolute atomic E-state index is 0.728. The summed E-state index contributed by atoms with van der Waals surface area (Å²) < 4.78 is 5.68. The first-order chi connectivity index (χ1) is 8.43. The molecule has 1 saturated carbocycles. The lowest BCUT2D eigenvalue weighted by Gasteiger charge is -2.37. The SMILES string of the molecule is C1COCC(N(CC2CCNCC2)C2CC2)C1. The molecule has 0 spiro atoms. The maximum Gasteiger partial charge on any atom is 0.0621 e. The normalized spacial score (nSPS) is 31.9. The summed E-state index contributed by atoms with van der Waals surface area (Å²) in [7, 11) is 0. The second kappa shape index (κ2) is 5.68. The zero-order chi connectivity index (χ0) is 11.5. The molecule has 1 N–H and O–H groups in total. The van der Waals surface area contributed by atoms with Gasteiger partial charge in [0.2, 0.25) is 0 Å². The Bertz CT molecular complexity index is 230. The van der Waals surface area contributed by atoms with Crippen LogP contribution in [0.5, 0.6) is 0 Å². The molecule has 17 heavy (non-hydrogen) atoms. The lowest BCUT2D eigenvalue weighted by Crippen LogP contribution is -2.46. The van der Waals surface area contributed by atoms with Crippen molar-refractivity contribution >= 4 is 0 Å². The van der Waals surface area contributed by atoms with Crippen molar-refractivity contribution < 1.29 is 4.74 Å². The third kappa shape index (κ3) is 3.21. The molecule has 2 heterocycles. The van der Waals surface area contributed by atoms with Crippen LogP contribution in [0.3, 0.4) is 0 Å². The first-order valence-corrected chi connectivity index (χ1v) is 7.47. The predicted molar refractivity (Wildman–Crippen MR) is 69.2 cm³/mol. The maximum atomic E-state index is 5.68. The Hall–Kier alpha value is -0.120. The third-order valence-electron chi connectivity index (χ3n) is 4.55. The Kier molecular flexibility index (Phi) is 3.99. The number of piperidine rings is 1. The summed E-state index contributed by atoms with van der Waals surface area (Å²) in [6.45, 7) is 5.76. The molecule has 3 rings (SSSR count). The smallest absolute Gasteiger partial charge is 0.0621 e. The highest BCUT2D eigenvalue weighted by molar-refractivity contribution is 4.91. The summed E-state index contributed by atoms with van der Waals surface area (Å²) in [6.07, 6.45) is 8.23. The van der Waals surface area contributed by atoms with Crippen molar-refractivity contribution in [3.05, 3.63) is 0 Å². The molecule has 2 saturated heterocycles. The van der Waals surface area contributed by atoms with Crippen LogP contribution in [0.15, 0.2) is 0 Å². The van der Waals surface area contributed by atoms with Gasteiger partial charge in [-0.15, -0.1) is 0 Å². The molecule has 0 bridgehead atoms. The van der Waals surface area contributed by atoms with Crippen molar-refractivity contribution in [1.29, 1.82) is 0 Å². The van der Waals surface area contributed by atoms with E-state index in [0.29, 0.717) is 0 Å². The second-order valence-corrected chi connectivity index (χ2v) is 5.99. The Morgan fingerprint density at radius 2 is 1.82 bits per heavy atom. The zero-order valence-corrected chi connectivity index (χ0v) is 10.9. The van der Waals surface area contributed by atoms with Crippen LogP contribution in [-0.4, -0.2) is 49.8 Å². The topological polar surface area (TPSA) is 24.5 Å². The highest BCUT2D eigenvalue weighted by atomic mass is 16.5. The molecule has 0 aromatic carbocycles. The van der Waals surface area contributed by atoms with E-state index < -0.39 is 0 Å². The van der Waals surface area contributed by atoms with Crippen LogP contribution in [0.4, 0.5) is 0 Å². The Balaban J connectivity index is 1.55. The van der Waals surface area contributed by atoms with E-state index in [-0.39, 0.29) is 0 Å². The average Bonchev–Trinajstić information content (AvgIpc) is 3.23. The molecule has 3 aliphatic rings. The highest BCUT2D eigenvalue weighted by Crippen LogP contribution is 2.32. The summed E-state index contributed by atoms with van der Waals surface area (Å²) in [6, 6.07) is 1.63. The van der Waals surface area contributed by atoms with Crippen LogP contribution in [0, 0.1) is 5.92 Å². The summed E-state index contributed by atoms with van der Waals surface area (Å²) in [5.74, 6) is 0.929. The van der Waals surface area contributed by atoms with Gasteiger partial charge >= 0.3 is 0 Å². The van der Waals surface area contributed by atoms with Crippen LogP contribution in [0.25, 0.3) is 0 Å². The summed E-state index contributed by atoms with van der Waals surface area (Å²) in [4.78, 5) is 2.80. The van der Waals surface area contributed by atoms with Crippen molar-refractivity contribution in [3.63, 3.8) is 0 Å². The van der Waals surface area contributed by atoms with Gasteiger partial charge in [0.1, 0.15) is 0 Å². The van der Waals surface area contributed by atoms with Gasteiger partial charge in [0.15, 0.2) is 0 Å². The van der Waals surface area contributed by atoms with Gasteiger partial charge in [-0.25, -0.2) is 0 Å². The van der Waals surface area contributed by atoms with Gasteiger partial charge in [-0.3, -0.25) is 4.90 Å². The average molecular weight is 238 g/mol. The van der Waals surface area contributed by atoms with Crippen LogP contribution in [0.1, 0.15) is 38.5 Å². The fraction of sp³-hybridized carbons (Fsp3) is 1.00. The molecule has 3 nitrogen and oxygen atoms in total. The van der Waals surface area contributed by atoms with Gasteiger partial charge in [-0.05, 0) is 57.5 Å². The number of rotatable bonds is 4. The Morgan fingerprint density at radius 3 is 2.47 bits per heavy atom. The molecule has 0 amide bonds. The molecule has 2 aliphatic heterocycles. The summed E-state index contributed by atoms with van der Waals surface area (Å²) in [5.41, 5.74) is 0. The van der Waals surface area contributed by atoms with E-state index in [0.717, 1.165) is 31.2 Å². The molecule has 0 aromatic rings.